The SMILES string of the molecule is NCc1ccc(Oc2ccc(Cl)c3ccccc23)c(Br)c1. The molecule has 0 aliphatic carbocycles. The molecule has 3 aromatic rings. The van der Waals surface area contributed by atoms with Gasteiger partial charge in [0.05, 0.1) is 4.47 Å². The van der Waals surface area contributed by atoms with Crippen molar-refractivity contribution in [2.45, 2.75) is 6.54 Å². The van der Waals surface area contributed by atoms with E-state index < -0.39 is 0 Å². The Bertz CT molecular complexity index is 804. The zero-order valence-corrected chi connectivity index (χ0v) is 13.5. The third kappa shape index (κ3) is 2.91. The molecule has 0 spiro atoms. The first-order valence-electron chi connectivity index (χ1n) is 6.52. The molecule has 0 unspecified atom stereocenters. The second kappa shape index (κ2) is 6.06. The predicted octanol–water partition coefficient (Wildman–Crippen LogP) is 5.51. The number of nitrogens with two attached hydrogens (primary N) is 1. The summed E-state index contributed by atoms with van der Waals surface area (Å²) in [4.78, 5) is 0. The van der Waals surface area contributed by atoms with Crippen LogP contribution >= 0.6 is 27.5 Å². The van der Waals surface area contributed by atoms with Crippen molar-refractivity contribution in [2.75, 3.05) is 0 Å². The summed E-state index contributed by atoms with van der Waals surface area (Å²) in [6.45, 7) is 0.503. The molecular formula is C17H13BrClNO. The number of hydrogen-bond acceptors (Lipinski definition) is 2. The van der Waals surface area contributed by atoms with E-state index in [0.29, 0.717) is 6.54 Å². The molecule has 0 saturated carbocycles. The molecule has 0 aromatic heterocycles. The van der Waals surface area contributed by atoms with Crippen LogP contribution in [0.25, 0.3) is 10.8 Å². The fourth-order valence-corrected chi connectivity index (χ4v) is 2.93. The third-order valence-corrected chi connectivity index (χ3v) is 4.23. The lowest BCUT2D eigenvalue weighted by Crippen LogP contribution is -1.96. The van der Waals surface area contributed by atoms with Crippen molar-refractivity contribution in [3.8, 4) is 11.5 Å². The fourth-order valence-electron chi connectivity index (χ4n) is 2.20. The van der Waals surface area contributed by atoms with Crippen LogP contribution in [0.15, 0.2) is 59.1 Å². The molecule has 21 heavy (non-hydrogen) atoms. The number of rotatable bonds is 3. The van der Waals surface area contributed by atoms with Gasteiger partial charge in [0, 0.05) is 22.3 Å². The van der Waals surface area contributed by atoms with Gasteiger partial charge in [-0.3, -0.25) is 0 Å². The summed E-state index contributed by atoms with van der Waals surface area (Å²) in [7, 11) is 0. The maximum atomic E-state index is 6.22. The van der Waals surface area contributed by atoms with Crippen LogP contribution in [0.1, 0.15) is 5.56 Å². The molecule has 0 heterocycles. The summed E-state index contributed by atoms with van der Waals surface area (Å²) in [5.74, 6) is 1.52. The topological polar surface area (TPSA) is 35.2 Å². The van der Waals surface area contributed by atoms with E-state index in [2.05, 4.69) is 15.9 Å². The Balaban J connectivity index is 2.04. The second-order valence-electron chi connectivity index (χ2n) is 4.66. The van der Waals surface area contributed by atoms with Gasteiger partial charge in [-0.25, -0.2) is 0 Å². The van der Waals surface area contributed by atoms with Gasteiger partial charge in [-0.05, 0) is 45.8 Å². The quantitative estimate of drug-likeness (QED) is 0.667. The Hall–Kier alpha value is -1.55. The molecule has 0 bridgehead atoms. The van der Waals surface area contributed by atoms with Crippen LogP contribution in [0.3, 0.4) is 0 Å². The normalized spacial score (nSPS) is 10.8. The van der Waals surface area contributed by atoms with Crippen LogP contribution in [0.4, 0.5) is 0 Å². The molecule has 0 aliphatic rings. The third-order valence-electron chi connectivity index (χ3n) is 3.28. The van der Waals surface area contributed by atoms with Gasteiger partial charge in [0.1, 0.15) is 11.5 Å². The van der Waals surface area contributed by atoms with E-state index in [-0.39, 0.29) is 0 Å². The van der Waals surface area contributed by atoms with E-state index in [0.717, 1.165) is 37.3 Å². The summed E-state index contributed by atoms with van der Waals surface area (Å²) in [6, 6.07) is 17.5. The first-order chi connectivity index (χ1) is 10.2. The number of benzene rings is 3. The summed E-state index contributed by atoms with van der Waals surface area (Å²) < 4.78 is 6.91. The van der Waals surface area contributed by atoms with Crippen molar-refractivity contribution in [2.24, 2.45) is 5.73 Å². The van der Waals surface area contributed by atoms with Crippen LogP contribution in [0.2, 0.25) is 5.02 Å². The van der Waals surface area contributed by atoms with Crippen molar-refractivity contribution >= 4 is 38.3 Å². The van der Waals surface area contributed by atoms with Crippen molar-refractivity contribution in [1.29, 1.82) is 0 Å². The lowest BCUT2D eigenvalue weighted by atomic mass is 10.1. The summed E-state index contributed by atoms with van der Waals surface area (Å²) in [5.41, 5.74) is 6.69. The summed E-state index contributed by atoms with van der Waals surface area (Å²) in [6.07, 6.45) is 0. The monoisotopic (exact) mass is 361 g/mol. The zero-order chi connectivity index (χ0) is 14.8. The Labute approximate surface area is 136 Å². The van der Waals surface area contributed by atoms with Gasteiger partial charge in [0.2, 0.25) is 0 Å². The molecule has 0 atom stereocenters. The highest BCUT2D eigenvalue weighted by molar-refractivity contribution is 9.10. The van der Waals surface area contributed by atoms with E-state index in [1.165, 1.54) is 0 Å². The highest BCUT2D eigenvalue weighted by Gasteiger charge is 2.08. The van der Waals surface area contributed by atoms with Gasteiger partial charge in [-0.1, -0.05) is 41.9 Å². The minimum Gasteiger partial charge on any atom is -0.456 e. The maximum Gasteiger partial charge on any atom is 0.141 e. The van der Waals surface area contributed by atoms with Crippen molar-refractivity contribution in [3.63, 3.8) is 0 Å². The van der Waals surface area contributed by atoms with Crippen LogP contribution in [0, 0.1) is 0 Å². The lowest BCUT2D eigenvalue weighted by molar-refractivity contribution is 0.485. The van der Waals surface area contributed by atoms with Gasteiger partial charge in [-0.2, -0.15) is 0 Å². The van der Waals surface area contributed by atoms with Crippen molar-refractivity contribution in [3.05, 3.63) is 69.7 Å². The molecule has 0 amide bonds. The Kier molecular flexibility index (Phi) is 4.15. The maximum absolute atomic E-state index is 6.22. The molecule has 4 heteroatoms. The first kappa shape index (κ1) is 14.4. The van der Waals surface area contributed by atoms with Crippen LogP contribution in [-0.2, 0) is 6.54 Å². The van der Waals surface area contributed by atoms with E-state index in [1.807, 2.05) is 54.6 Å². The lowest BCUT2D eigenvalue weighted by Gasteiger charge is -2.12. The van der Waals surface area contributed by atoms with E-state index in [1.54, 1.807) is 0 Å². The number of ether oxygens (including phenoxy) is 1. The first-order valence-corrected chi connectivity index (χ1v) is 7.70. The van der Waals surface area contributed by atoms with Gasteiger partial charge in [0.15, 0.2) is 0 Å². The minimum atomic E-state index is 0.503. The molecule has 106 valence electrons. The van der Waals surface area contributed by atoms with E-state index >= 15 is 0 Å². The van der Waals surface area contributed by atoms with Crippen LogP contribution in [0.5, 0.6) is 11.5 Å². The number of hydrogen-bond donors (Lipinski definition) is 1. The standard InChI is InChI=1S/C17H13BrClNO/c18-14-9-11(10-20)5-7-17(14)21-16-8-6-15(19)12-3-1-2-4-13(12)16/h1-9H,10,20H2. The van der Waals surface area contributed by atoms with Gasteiger partial charge in [0.25, 0.3) is 0 Å². The van der Waals surface area contributed by atoms with Crippen LogP contribution < -0.4 is 10.5 Å². The molecule has 0 radical (unpaired) electrons. The molecule has 0 fully saturated rings. The number of halogens is 2. The largest absolute Gasteiger partial charge is 0.456 e. The average molecular weight is 363 g/mol. The van der Waals surface area contributed by atoms with E-state index in [9.17, 15) is 0 Å². The average Bonchev–Trinajstić information content (AvgIpc) is 2.52. The fraction of sp³-hybridized carbons (Fsp3) is 0.0588. The Morgan fingerprint density at radius 3 is 2.38 bits per heavy atom. The molecule has 2 nitrogen and oxygen atoms in total. The van der Waals surface area contributed by atoms with Gasteiger partial charge >= 0.3 is 0 Å². The molecule has 2 N–H and O–H groups in total. The van der Waals surface area contributed by atoms with Crippen LogP contribution in [-0.4, -0.2) is 0 Å². The zero-order valence-electron chi connectivity index (χ0n) is 11.1. The highest BCUT2D eigenvalue weighted by atomic mass is 79.9. The Morgan fingerprint density at radius 2 is 1.67 bits per heavy atom. The summed E-state index contributed by atoms with van der Waals surface area (Å²) in [5, 5.41) is 2.68. The van der Waals surface area contributed by atoms with Crippen molar-refractivity contribution < 1.29 is 4.74 Å². The molecule has 0 aliphatic heterocycles. The highest BCUT2D eigenvalue weighted by Crippen LogP contribution is 2.36. The minimum absolute atomic E-state index is 0.503. The molecule has 3 rings (SSSR count). The van der Waals surface area contributed by atoms with Gasteiger partial charge < -0.3 is 10.5 Å². The summed E-state index contributed by atoms with van der Waals surface area (Å²) >= 11 is 9.74. The van der Waals surface area contributed by atoms with Crippen molar-refractivity contribution in [1.82, 2.24) is 0 Å². The molecule has 3 aromatic carbocycles. The smallest absolute Gasteiger partial charge is 0.141 e. The second-order valence-corrected chi connectivity index (χ2v) is 5.92. The number of fused-ring (bicyclic) bond motifs is 1. The predicted molar refractivity (Wildman–Crippen MR) is 91.1 cm³/mol. The Morgan fingerprint density at radius 1 is 0.952 bits per heavy atom. The molecular weight excluding hydrogens is 350 g/mol. The molecule has 0 saturated heterocycles. The van der Waals surface area contributed by atoms with E-state index in [4.69, 9.17) is 22.1 Å². The van der Waals surface area contributed by atoms with Gasteiger partial charge in [-0.15, -0.1) is 0 Å².